The maximum absolute atomic E-state index is 3.67. The highest BCUT2D eigenvalue weighted by atomic mass is 79.9. The van der Waals surface area contributed by atoms with Gasteiger partial charge in [-0.15, -0.1) is 0 Å². The minimum absolute atomic E-state index is 0.167. The lowest BCUT2D eigenvalue weighted by atomic mass is 9.99. The number of rotatable bonds is 1. The van der Waals surface area contributed by atoms with Crippen LogP contribution in [0.15, 0.2) is 22.7 Å². The summed E-state index contributed by atoms with van der Waals surface area (Å²) in [6.45, 7) is 10.2. The van der Waals surface area contributed by atoms with Gasteiger partial charge in [0.25, 0.3) is 0 Å². The van der Waals surface area contributed by atoms with E-state index in [4.69, 9.17) is 0 Å². The molecule has 3 rings (SSSR count). The molecule has 2 fully saturated rings. The van der Waals surface area contributed by atoms with Crippen molar-refractivity contribution in [3.63, 3.8) is 0 Å². The van der Waals surface area contributed by atoms with E-state index in [9.17, 15) is 0 Å². The normalized spacial score (nSPS) is 24.3. The maximum atomic E-state index is 3.67. The molecule has 1 saturated heterocycles. The van der Waals surface area contributed by atoms with E-state index in [2.05, 4.69) is 65.1 Å². The SMILES string of the molecule is Cc1ccc(N2CC3(CC3)CNCC2(C)C)cc1Br. The van der Waals surface area contributed by atoms with E-state index in [1.54, 1.807) is 0 Å². The summed E-state index contributed by atoms with van der Waals surface area (Å²) in [5.74, 6) is 0. The Labute approximate surface area is 124 Å². The van der Waals surface area contributed by atoms with E-state index in [0.717, 1.165) is 6.54 Å². The quantitative estimate of drug-likeness (QED) is 0.847. The van der Waals surface area contributed by atoms with E-state index in [0.29, 0.717) is 5.41 Å². The molecule has 1 aromatic carbocycles. The molecule has 1 aliphatic carbocycles. The van der Waals surface area contributed by atoms with Crippen molar-refractivity contribution in [1.82, 2.24) is 5.32 Å². The van der Waals surface area contributed by atoms with Gasteiger partial charge in [-0.05, 0) is 51.3 Å². The molecule has 0 amide bonds. The van der Waals surface area contributed by atoms with Crippen LogP contribution in [0, 0.1) is 12.3 Å². The average molecular weight is 323 g/mol. The molecule has 2 nitrogen and oxygen atoms in total. The topological polar surface area (TPSA) is 15.3 Å². The van der Waals surface area contributed by atoms with Crippen LogP contribution in [0.25, 0.3) is 0 Å². The maximum Gasteiger partial charge on any atom is 0.0470 e. The van der Waals surface area contributed by atoms with Crippen molar-refractivity contribution in [3.05, 3.63) is 28.2 Å². The van der Waals surface area contributed by atoms with Crippen molar-refractivity contribution in [2.45, 2.75) is 39.2 Å². The predicted molar refractivity (Wildman–Crippen MR) is 84.8 cm³/mol. The van der Waals surface area contributed by atoms with E-state index in [1.165, 1.54) is 41.7 Å². The Balaban J connectivity index is 1.96. The highest BCUT2D eigenvalue weighted by Crippen LogP contribution is 2.48. The highest BCUT2D eigenvalue weighted by molar-refractivity contribution is 9.10. The van der Waals surface area contributed by atoms with Gasteiger partial charge in [-0.3, -0.25) is 0 Å². The van der Waals surface area contributed by atoms with Gasteiger partial charge in [-0.1, -0.05) is 22.0 Å². The number of hydrogen-bond acceptors (Lipinski definition) is 2. The van der Waals surface area contributed by atoms with Crippen molar-refractivity contribution >= 4 is 21.6 Å². The summed E-state index contributed by atoms with van der Waals surface area (Å²) in [4.78, 5) is 2.60. The van der Waals surface area contributed by atoms with Gasteiger partial charge >= 0.3 is 0 Å². The van der Waals surface area contributed by atoms with Gasteiger partial charge in [0.2, 0.25) is 0 Å². The van der Waals surface area contributed by atoms with Crippen LogP contribution < -0.4 is 10.2 Å². The van der Waals surface area contributed by atoms with Crippen LogP contribution in [0.5, 0.6) is 0 Å². The highest BCUT2D eigenvalue weighted by Gasteiger charge is 2.48. The second kappa shape index (κ2) is 4.49. The molecule has 1 N–H and O–H groups in total. The van der Waals surface area contributed by atoms with E-state index < -0.39 is 0 Å². The minimum Gasteiger partial charge on any atom is -0.364 e. The largest absolute Gasteiger partial charge is 0.364 e. The Morgan fingerprint density at radius 2 is 1.95 bits per heavy atom. The summed E-state index contributed by atoms with van der Waals surface area (Å²) in [7, 11) is 0. The fourth-order valence-electron chi connectivity index (χ4n) is 3.04. The van der Waals surface area contributed by atoms with Gasteiger partial charge < -0.3 is 10.2 Å². The number of benzene rings is 1. The first kappa shape index (κ1) is 13.4. The summed E-state index contributed by atoms with van der Waals surface area (Å²) in [6, 6.07) is 6.76. The molecule has 0 radical (unpaired) electrons. The second-order valence-electron chi connectivity index (χ2n) is 6.94. The molecule has 0 bridgehead atoms. The van der Waals surface area contributed by atoms with Gasteiger partial charge in [0.1, 0.15) is 0 Å². The minimum atomic E-state index is 0.167. The smallest absolute Gasteiger partial charge is 0.0470 e. The summed E-state index contributed by atoms with van der Waals surface area (Å²) in [6.07, 6.45) is 2.75. The Kier molecular flexibility index (Phi) is 3.18. The van der Waals surface area contributed by atoms with Crippen LogP contribution in [-0.2, 0) is 0 Å². The fourth-order valence-corrected chi connectivity index (χ4v) is 3.40. The van der Waals surface area contributed by atoms with Crippen LogP contribution in [0.1, 0.15) is 32.3 Å². The van der Waals surface area contributed by atoms with Crippen molar-refractivity contribution in [2.24, 2.45) is 5.41 Å². The monoisotopic (exact) mass is 322 g/mol. The standard InChI is InChI=1S/C16H23BrN2/c1-12-4-5-13(8-14(12)17)19-11-16(6-7-16)10-18-9-15(19,2)3/h4-5,8,18H,6-7,9-11H2,1-3H3. The van der Waals surface area contributed by atoms with Crippen LogP contribution in [0.3, 0.4) is 0 Å². The fraction of sp³-hybridized carbons (Fsp3) is 0.625. The first-order valence-electron chi connectivity index (χ1n) is 7.17. The Morgan fingerprint density at radius 3 is 2.58 bits per heavy atom. The first-order chi connectivity index (χ1) is 8.92. The molecule has 0 aromatic heterocycles. The molecule has 1 aromatic rings. The van der Waals surface area contributed by atoms with Gasteiger partial charge in [0.05, 0.1) is 0 Å². The summed E-state index contributed by atoms with van der Waals surface area (Å²) < 4.78 is 1.21. The zero-order valence-corrected chi connectivity index (χ0v) is 13.7. The molecule has 1 heterocycles. The first-order valence-corrected chi connectivity index (χ1v) is 7.96. The van der Waals surface area contributed by atoms with Crippen LogP contribution >= 0.6 is 15.9 Å². The molecule has 19 heavy (non-hydrogen) atoms. The van der Waals surface area contributed by atoms with Gasteiger partial charge in [-0.25, -0.2) is 0 Å². The summed E-state index contributed by atoms with van der Waals surface area (Å²) >= 11 is 3.67. The van der Waals surface area contributed by atoms with E-state index in [-0.39, 0.29) is 5.54 Å². The molecule has 0 unspecified atom stereocenters. The molecular formula is C16H23BrN2. The van der Waals surface area contributed by atoms with Crippen LogP contribution in [0.4, 0.5) is 5.69 Å². The molecule has 2 aliphatic rings. The lowest BCUT2D eigenvalue weighted by molar-refractivity contribution is 0.456. The van der Waals surface area contributed by atoms with Crippen LogP contribution in [-0.4, -0.2) is 25.2 Å². The molecule has 1 spiro atoms. The average Bonchev–Trinajstić information content (AvgIpc) is 3.11. The third-order valence-electron chi connectivity index (χ3n) is 4.71. The number of hydrogen-bond donors (Lipinski definition) is 1. The number of nitrogens with zero attached hydrogens (tertiary/aromatic N) is 1. The van der Waals surface area contributed by atoms with E-state index in [1.807, 2.05) is 0 Å². The number of anilines is 1. The summed E-state index contributed by atoms with van der Waals surface area (Å²) in [5, 5.41) is 3.66. The predicted octanol–water partition coefficient (Wildman–Crippen LogP) is 3.73. The Bertz CT molecular complexity index is 492. The van der Waals surface area contributed by atoms with Crippen molar-refractivity contribution in [1.29, 1.82) is 0 Å². The molecule has 104 valence electrons. The molecule has 3 heteroatoms. The van der Waals surface area contributed by atoms with Crippen molar-refractivity contribution in [3.8, 4) is 0 Å². The third kappa shape index (κ3) is 2.55. The van der Waals surface area contributed by atoms with Gasteiger partial charge in [-0.2, -0.15) is 0 Å². The van der Waals surface area contributed by atoms with Crippen molar-refractivity contribution < 1.29 is 0 Å². The van der Waals surface area contributed by atoms with Gasteiger partial charge in [0, 0.05) is 40.7 Å². The van der Waals surface area contributed by atoms with E-state index >= 15 is 0 Å². The Hall–Kier alpha value is -0.540. The second-order valence-corrected chi connectivity index (χ2v) is 7.79. The zero-order valence-electron chi connectivity index (χ0n) is 12.1. The molecule has 1 aliphatic heterocycles. The van der Waals surface area contributed by atoms with Gasteiger partial charge in [0.15, 0.2) is 0 Å². The molecule has 0 atom stereocenters. The Morgan fingerprint density at radius 1 is 1.21 bits per heavy atom. The van der Waals surface area contributed by atoms with Crippen LogP contribution in [0.2, 0.25) is 0 Å². The zero-order chi connectivity index (χ0) is 13.7. The molecule has 1 saturated carbocycles. The number of nitrogens with one attached hydrogen (secondary N) is 1. The third-order valence-corrected chi connectivity index (χ3v) is 5.56. The molecular weight excluding hydrogens is 300 g/mol. The summed E-state index contributed by atoms with van der Waals surface area (Å²) in [5.41, 5.74) is 3.35. The lowest BCUT2D eigenvalue weighted by Gasteiger charge is -2.40. The van der Waals surface area contributed by atoms with Crippen molar-refractivity contribution in [2.75, 3.05) is 24.5 Å². The number of halogens is 1. The number of aryl methyl sites for hydroxylation is 1. The lowest BCUT2D eigenvalue weighted by Crippen LogP contribution is -2.49.